The van der Waals surface area contributed by atoms with Crippen LogP contribution in [0, 0.1) is 11.8 Å². The van der Waals surface area contributed by atoms with Crippen LogP contribution < -0.4 is 10.1 Å². The third-order valence-electron chi connectivity index (χ3n) is 6.57. The van der Waals surface area contributed by atoms with Crippen molar-refractivity contribution >= 4 is 28.6 Å². The number of nitrogens with one attached hydrogen (secondary N) is 1. The van der Waals surface area contributed by atoms with Gasteiger partial charge in [0.1, 0.15) is 5.75 Å². The topological polar surface area (TPSA) is 62.6 Å². The van der Waals surface area contributed by atoms with Crippen molar-refractivity contribution in [2.45, 2.75) is 53.5 Å². The highest BCUT2D eigenvalue weighted by molar-refractivity contribution is 5.98. The standard InChI is InChI=1S/C30H45N5O2/c1-22(2)15-19-34(20-16-23(3)4)29(36)24-9-14-27-28(21-24)35(18-8-17-33(5)6)30(32-27)31-25-10-12-26(37-7)13-11-25/h9-14,21-23H,8,15-20H2,1-7H3,(H,31,32). The maximum absolute atomic E-state index is 13.6. The van der Waals surface area contributed by atoms with E-state index in [1.807, 2.05) is 47.4 Å². The van der Waals surface area contributed by atoms with Crippen molar-refractivity contribution < 1.29 is 9.53 Å². The highest BCUT2D eigenvalue weighted by atomic mass is 16.5. The minimum absolute atomic E-state index is 0.105. The molecule has 1 heterocycles. The van der Waals surface area contributed by atoms with Gasteiger partial charge in [0.15, 0.2) is 0 Å². The number of nitrogens with zero attached hydrogens (tertiary/aromatic N) is 4. The second-order valence-electron chi connectivity index (χ2n) is 11.0. The summed E-state index contributed by atoms with van der Waals surface area (Å²) in [5.41, 5.74) is 3.53. The van der Waals surface area contributed by atoms with E-state index in [-0.39, 0.29) is 5.91 Å². The molecule has 0 saturated carbocycles. The second kappa shape index (κ2) is 13.5. The van der Waals surface area contributed by atoms with Crippen LogP contribution in [0.15, 0.2) is 42.5 Å². The Morgan fingerprint density at radius 2 is 1.62 bits per heavy atom. The summed E-state index contributed by atoms with van der Waals surface area (Å²) in [5.74, 6) is 2.81. The molecule has 0 radical (unpaired) electrons. The number of hydrogen-bond donors (Lipinski definition) is 1. The molecule has 1 N–H and O–H groups in total. The van der Waals surface area contributed by atoms with Crippen molar-refractivity contribution in [2.75, 3.05) is 46.2 Å². The van der Waals surface area contributed by atoms with Crippen LogP contribution in [0.25, 0.3) is 11.0 Å². The number of methoxy groups -OCH3 is 1. The third-order valence-corrected chi connectivity index (χ3v) is 6.57. The molecule has 0 saturated heterocycles. The number of carbonyl (C=O) groups is 1. The predicted molar refractivity (Wildman–Crippen MR) is 154 cm³/mol. The Labute approximate surface area is 222 Å². The Morgan fingerprint density at radius 1 is 0.973 bits per heavy atom. The third kappa shape index (κ3) is 8.22. The Bertz CT molecular complexity index is 1120. The summed E-state index contributed by atoms with van der Waals surface area (Å²) in [6, 6.07) is 13.8. The van der Waals surface area contributed by atoms with Crippen molar-refractivity contribution in [1.29, 1.82) is 0 Å². The molecular formula is C30H45N5O2. The number of anilines is 2. The van der Waals surface area contributed by atoms with Crippen LogP contribution >= 0.6 is 0 Å². The fourth-order valence-electron chi connectivity index (χ4n) is 4.25. The molecule has 0 fully saturated rings. The summed E-state index contributed by atoms with van der Waals surface area (Å²) >= 11 is 0. The molecule has 2 aromatic carbocycles. The summed E-state index contributed by atoms with van der Waals surface area (Å²) in [4.78, 5) is 22.8. The van der Waals surface area contributed by atoms with Gasteiger partial charge in [-0.15, -0.1) is 0 Å². The first-order chi connectivity index (χ1) is 17.7. The lowest BCUT2D eigenvalue weighted by molar-refractivity contribution is 0.0741. The molecule has 0 aliphatic heterocycles. The fraction of sp³-hybridized carbons (Fsp3) is 0.533. The lowest BCUT2D eigenvalue weighted by Gasteiger charge is -2.24. The van der Waals surface area contributed by atoms with Crippen LogP contribution in [0.3, 0.4) is 0 Å². The SMILES string of the molecule is COc1ccc(Nc2nc3ccc(C(=O)N(CCC(C)C)CCC(C)C)cc3n2CCCN(C)C)cc1. The van der Waals surface area contributed by atoms with Crippen LogP contribution in [-0.4, -0.2) is 66.1 Å². The van der Waals surface area contributed by atoms with E-state index in [2.05, 4.69) is 56.6 Å². The van der Waals surface area contributed by atoms with E-state index in [1.165, 1.54) is 0 Å². The van der Waals surface area contributed by atoms with Crippen LogP contribution in [0.4, 0.5) is 11.6 Å². The first kappa shape index (κ1) is 28.5. The molecule has 0 spiro atoms. The van der Waals surface area contributed by atoms with Gasteiger partial charge in [0.25, 0.3) is 5.91 Å². The van der Waals surface area contributed by atoms with Gasteiger partial charge in [0.05, 0.1) is 18.1 Å². The number of fused-ring (bicyclic) bond motifs is 1. The molecule has 0 atom stereocenters. The zero-order chi connectivity index (χ0) is 26.9. The molecule has 0 bridgehead atoms. The summed E-state index contributed by atoms with van der Waals surface area (Å²) < 4.78 is 7.49. The molecule has 0 unspecified atom stereocenters. The highest BCUT2D eigenvalue weighted by Gasteiger charge is 2.19. The average molecular weight is 508 g/mol. The number of benzene rings is 2. The van der Waals surface area contributed by atoms with Crippen molar-refractivity contribution in [3.8, 4) is 5.75 Å². The molecule has 1 aromatic heterocycles. The van der Waals surface area contributed by atoms with E-state index in [4.69, 9.17) is 9.72 Å². The van der Waals surface area contributed by atoms with Crippen LogP contribution in [0.2, 0.25) is 0 Å². The lowest BCUT2D eigenvalue weighted by Crippen LogP contribution is -2.34. The van der Waals surface area contributed by atoms with E-state index in [1.54, 1.807) is 7.11 Å². The molecule has 0 aliphatic rings. The number of ether oxygens (including phenoxy) is 1. The summed E-state index contributed by atoms with van der Waals surface area (Å²) in [5, 5.41) is 3.48. The zero-order valence-corrected chi connectivity index (χ0v) is 23.8. The van der Waals surface area contributed by atoms with Gasteiger partial charge in [0, 0.05) is 30.9 Å². The van der Waals surface area contributed by atoms with Crippen molar-refractivity contribution in [1.82, 2.24) is 19.4 Å². The van der Waals surface area contributed by atoms with Gasteiger partial charge in [0.2, 0.25) is 5.95 Å². The van der Waals surface area contributed by atoms with Gasteiger partial charge in [-0.1, -0.05) is 27.7 Å². The molecule has 3 rings (SSSR count). The van der Waals surface area contributed by atoms with Gasteiger partial charge < -0.3 is 24.4 Å². The van der Waals surface area contributed by atoms with Crippen molar-refractivity contribution in [3.05, 3.63) is 48.0 Å². The average Bonchev–Trinajstić information content (AvgIpc) is 3.19. The number of hydrogen-bond acceptors (Lipinski definition) is 5. The number of carbonyl (C=O) groups excluding carboxylic acids is 1. The number of aryl methyl sites for hydroxylation is 1. The van der Waals surface area contributed by atoms with Gasteiger partial charge in [-0.05, 0) is 94.2 Å². The van der Waals surface area contributed by atoms with E-state index >= 15 is 0 Å². The highest BCUT2D eigenvalue weighted by Crippen LogP contribution is 2.26. The quantitative estimate of drug-likeness (QED) is 0.278. The fourth-order valence-corrected chi connectivity index (χ4v) is 4.25. The van der Waals surface area contributed by atoms with Crippen molar-refractivity contribution in [2.24, 2.45) is 11.8 Å². The zero-order valence-electron chi connectivity index (χ0n) is 23.8. The molecule has 7 heteroatoms. The molecular weight excluding hydrogens is 462 g/mol. The monoisotopic (exact) mass is 507 g/mol. The first-order valence-corrected chi connectivity index (χ1v) is 13.5. The smallest absolute Gasteiger partial charge is 0.253 e. The van der Waals surface area contributed by atoms with Gasteiger partial charge in [-0.3, -0.25) is 4.79 Å². The Hall–Kier alpha value is -3.06. The number of imidazole rings is 1. The van der Waals surface area contributed by atoms with Gasteiger partial charge in [-0.2, -0.15) is 0 Å². The Kier molecular flexibility index (Phi) is 10.4. The summed E-state index contributed by atoms with van der Waals surface area (Å²) in [6.07, 6.45) is 2.98. The van der Waals surface area contributed by atoms with Crippen LogP contribution in [-0.2, 0) is 6.54 Å². The molecule has 37 heavy (non-hydrogen) atoms. The van der Waals surface area contributed by atoms with Gasteiger partial charge in [-0.25, -0.2) is 4.98 Å². The number of rotatable bonds is 14. The van der Waals surface area contributed by atoms with E-state index in [0.29, 0.717) is 11.8 Å². The lowest BCUT2D eigenvalue weighted by atomic mass is 10.1. The Balaban J connectivity index is 1.94. The number of aromatic nitrogens is 2. The predicted octanol–water partition coefficient (Wildman–Crippen LogP) is 6.27. The Morgan fingerprint density at radius 3 is 2.19 bits per heavy atom. The van der Waals surface area contributed by atoms with Crippen LogP contribution in [0.1, 0.15) is 57.3 Å². The van der Waals surface area contributed by atoms with Crippen LogP contribution in [0.5, 0.6) is 5.75 Å². The minimum atomic E-state index is 0.105. The maximum atomic E-state index is 13.6. The molecule has 7 nitrogen and oxygen atoms in total. The maximum Gasteiger partial charge on any atom is 0.253 e. The molecule has 3 aromatic rings. The molecule has 1 amide bonds. The first-order valence-electron chi connectivity index (χ1n) is 13.5. The van der Waals surface area contributed by atoms with E-state index in [9.17, 15) is 4.79 Å². The van der Waals surface area contributed by atoms with E-state index in [0.717, 1.165) is 79.4 Å². The van der Waals surface area contributed by atoms with Crippen molar-refractivity contribution in [3.63, 3.8) is 0 Å². The van der Waals surface area contributed by atoms with Gasteiger partial charge >= 0.3 is 0 Å². The van der Waals surface area contributed by atoms with E-state index < -0.39 is 0 Å². The summed E-state index contributed by atoms with van der Waals surface area (Å²) in [7, 11) is 5.84. The molecule has 202 valence electrons. The molecule has 0 aliphatic carbocycles. The minimum Gasteiger partial charge on any atom is -0.497 e. The second-order valence-corrected chi connectivity index (χ2v) is 11.0. The normalized spacial score (nSPS) is 11.6. The largest absolute Gasteiger partial charge is 0.497 e. The summed E-state index contributed by atoms with van der Waals surface area (Å²) in [6.45, 7) is 12.2. The number of amides is 1.